The molecule has 0 saturated carbocycles. The van der Waals surface area contributed by atoms with Gasteiger partial charge in [0.2, 0.25) is 11.8 Å². The van der Waals surface area contributed by atoms with Crippen molar-refractivity contribution >= 4 is 11.8 Å². The summed E-state index contributed by atoms with van der Waals surface area (Å²) in [6.45, 7) is 4.86. The van der Waals surface area contributed by atoms with Gasteiger partial charge in [-0.3, -0.25) is 9.59 Å². The van der Waals surface area contributed by atoms with Crippen LogP contribution < -0.4 is 5.32 Å². The molecule has 1 unspecified atom stereocenters. The van der Waals surface area contributed by atoms with Crippen molar-refractivity contribution in [2.24, 2.45) is 0 Å². The first kappa shape index (κ1) is 14.1. The molecule has 0 bridgehead atoms. The second-order valence-electron chi connectivity index (χ2n) is 5.59. The molecule has 0 spiro atoms. The van der Waals surface area contributed by atoms with Crippen LogP contribution in [0.15, 0.2) is 16.5 Å². The molecule has 0 radical (unpaired) electrons. The zero-order chi connectivity index (χ0) is 14.8. The van der Waals surface area contributed by atoms with Gasteiger partial charge in [-0.25, -0.2) is 0 Å². The fourth-order valence-corrected chi connectivity index (χ4v) is 3.04. The first-order valence-electron chi connectivity index (χ1n) is 7.55. The molecule has 2 amide bonds. The van der Waals surface area contributed by atoms with Gasteiger partial charge in [-0.05, 0) is 31.5 Å². The van der Waals surface area contributed by atoms with Crippen molar-refractivity contribution in [2.45, 2.75) is 38.9 Å². The van der Waals surface area contributed by atoms with Crippen molar-refractivity contribution in [1.29, 1.82) is 0 Å². The van der Waals surface area contributed by atoms with Crippen LogP contribution in [0.25, 0.3) is 0 Å². The lowest BCUT2D eigenvalue weighted by Gasteiger charge is -2.35. The second kappa shape index (κ2) is 5.89. The third kappa shape index (κ3) is 2.81. The normalized spacial score (nSPS) is 22.0. The summed E-state index contributed by atoms with van der Waals surface area (Å²) in [5.41, 5.74) is 0. The predicted molar refractivity (Wildman–Crippen MR) is 76.2 cm³/mol. The molecule has 2 aliphatic heterocycles. The van der Waals surface area contributed by atoms with E-state index in [-0.39, 0.29) is 24.4 Å². The highest BCUT2D eigenvalue weighted by atomic mass is 16.3. The SMILES string of the molecule is CCNCc1ccc(CN2CC(=O)N3CCCC3C2=O)o1. The molecule has 21 heavy (non-hydrogen) atoms. The molecule has 1 N–H and O–H groups in total. The van der Waals surface area contributed by atoms with Crippen molar-refractivity contribution in [3.05, 3.63) is 23.7 Å². The minimum Gasteiger partial charge on any atom is -0.463 e. The summed E-state index contributed by atoms with van der Waals surface area (Å²) in [5.74, 6) is 1.69. The van der Waals surface area contributed by atoms with Crippen LogP contribution in [0.3, 0.4) is 0 Å². The van der Waals surface area contributed by atoms with E-state index in [1.807, 2.05) is 19.1 Å². The highest BCUT2D eigenvalue weighted by Gasteiger charge is 2.41. The fraction of sp³-hybridized carbons (Fsp3) is 0.600. The summed E-state index contributed by atoms with van der Waals surface area (Å²) in [4.78, 5) is 27.8. The Hall–Kier alpha value is -1.82. The molecule has 6 heteroatoms. The average Bonchev–Trinajstić information content (AvgIpc) is 3.11. The van der Waals surface area contributed by atoms with E-state index >= 15 is 0 Å². The second-order valence-corrected chi connectivity index (χ2v) is 5.59. The number of furan rings is 1. The number of rotatable bonds is 5. The number of carbonyl (C=O) groups is 2. The summed E-state index contributed by atoms with van der Waals surface area (Å²) >= 11 is 0. The topological polar surface area (TPSA) is 65.8 Å². The maximum atomic E-state index is 12.4. The average molecular weight is 291 g/mol. The molecule has 3 rings (SSSR count). The molecule has 1 aromatic heterocycles. The lowest BCUT2D eigenvalue weighted by Crippen LogP contribution is -2.56. The summed E-state index contributed by atoms with van der Waals surface area (Å²) in [7, 11) is 0. The van der Waals surface area contributed by atoms with Crippen LogP contribution in [0.2, 0.25) is 0 Å². The monoisotopic (exact) mass is 291 g/mol. The van der Waals surface area contributed by atoms with Crippen LogP contribution in [0.4, 0.5) is 0 Å². The van der Waals surface area contributed by atoms with Gasteiger partial charge < -0.3 is 19.5 Å². The maximum absolute atomic E-state index is 12.4. The van der Waals surface area contributed by atoms with Crippen molar-refractivity contribution in [1.82, 2.24) is 15.1 Å². The largest absolute Gasteiger partial charge is 0.463 e. The number of hydrogen-bond donors (Lipinski definition) is 1. The number of nitrogens with one attached hydrogen (secondary N) is 1. The van der Waals surface area contributed by atoms with Crippen molar-refractivity contribution in [3.63, 3.8) is 0 Å². The van der Waals surface area contributed by atoms with Crippen LogP contribution in [-0.4, -0.2) is 47.3 Å². The Morgan fingerprint density at radius 2 is 2.14 bits per heavy atom. The minimum atomic E-state index is -0.248. The molecule has 3 heterocycles. The van der Waals surface area contributed by atoms with Crippen LogP contribution >= 0.6 is 0 Å². The van der Waals surface area contributed by atoms with E-state index in [1.54, 1.807) is 9.80 Å². The fourth-order valence-electron chi connectivity index (χ4n) is 3.04. The number of amides is 2. The van der Waals surface area contributed by atoms with Gasteiger partial charge in [0, 0.05) is 6.54 Å². The van der Waals surface area contributed by atoms with E-state index in [2.05, 4.69) is 5.32 Å². The number of hydrogen-bond acceptors (Lipinski definition) is 4. The number of nitrogens with zero attached hydrogens (tertiary/aromatic N) is 2. The van der Waals surface area contributed by atoms with Crippen molar-refractivity contribution in [3.8, 4) is 0 Å². The van der Waals surface area contributed by atoms with Gasteiger partial charge in [0.15, 0.2) is 0 Å². The third-order valence-corrected chi connectivity index (χ3v) is 4.11. The Bertz CT molecular complexity index is 540. The summed E-state index contributed by atoms with van der Waals surface area (Å²) < 4.78 is 5.70. The molecule has 0 aliphatic carbocycles. The lowest BCUT2D eigenvalue weighted by atomic mass is 10.1. The number of carbonyl (C=O) groups excluding carboxylic acids is 2. The molecule has 114 valence electrons. The van der Waals surface area contributed by atoms with Crippen LogP contribution in [0.1, 0.15) is 31.3 Å². The standard InChI is InChI=1S/C15H21N3O3/c1-2-16-8-11-5-6-12(21-11)9-17-10-14(19)18-7-3-4-13(18)15(17)20/h5-6,13,16H,2-4,7-10H2,1H3. The first-order valence-corrected chi connectivity index (χ1v) is 7.55. The van der Waals surface area contributed by atoms with Crippen molar-refractivity contribution < 1.29 is 14.0 Å². The molecule has 0 aromatic carbocycles. The van der Waals surface area contributed by atoms with Gasteiger partial charge in [0.25, 0.3) is 0 Å². The van der Waals surface area contributed by atoms with Gasteiger partial charge in [-0.2, -0.15) is 0 Å². The smallest absolute Gasteiger partial charge is 0.246 e. The lowest BCUT2D eigenvalue weighted by molar-refractivity contribution is -0.154. The van der Waals surface area contributed by atoms with E-state index in [0.717, 1.165) is 37.5 Å². The number of piperazine rings is 1. The summed E-state index contributed by atoms with van der Waals surface area (Å²) in [5, 5.41) is 3.19. The molecule has 2 aliphatic rings. The van der Waals surface area contributed by atoms with Gasteiger partial charge in [-0.1, -0.05) is 6.92 Å². The molecule has 1 aromatic rings. The van der Waals surface area contributed by atoms with Crippen LogP contribution in [-0.2, 0) is 22.7 Å². The Kier molecular flexibility index (Phi) is 3.96. The summed E-state index contributed by atoms with van der Waals surface area (Å²) in [6, 6.07) is 3.55. The summed E-state index contributed by atoms with van der Waals surface area (Å²) in [6.07, 6.45) is 1.70. The van der Waals surface area contributed by atoms with E-state index in [1.165, 1.54) is 0 Å². The van der Waals surface area contributed by atoms with Gasteiger partial charge in [0.1, 0.15) is 24.1 Å². The molecule has 2 fully saturated rings. The van der Waals surface area contributed by atoms with Gasteiger partial charge >= 0.3 is 0 Å². The molecular weight excluding hydrogens is 270 g/mol. The van der Waals surface area contributed by atoms with Gasteiger partial charge in [-0.15, -0.1) is 0 Å². The molecule has 1 atom stereocenters. The minimum absolute atomic E-state index is 0.0523. The first-order chi connectivity index (χ1) is 10.2. The third-order valence-electron chi connectivity index (χ3n) is 4.11. The molecule has 2 saturated heterocycles. The molecular formula is C15H21N3O3. The van der Waals surface area contributed by atoms with E-state index in [9.17, 15) is 9.59 Å². The quantitative estimate of drug-likeness (QED) is 0.868. The van der Waals surface area contributed by atoms with Gasteiger partial charge in [0.05, 0.1) is 13.1 Å². The van der Waals surface area contributed by atoms with E-state index in [0.29, 0.717) is 13.1 Å². The van der Waals surface area contributed by atoms with Crippen LogP contribution in [0.5, 0.6) is 0 Å². The predicted octanol–water partition coefficient (Wildman–Crippen LogP) is 0.722. The van der Waals surface area contributed by atoms with E-state index < -0.39 is 0 Å². The zero-order valence-electron chi connectivity index (χ0n) is 12.3. The Balaban J connectivity index is 1.65. The zero-order valence-corrected chi connectivity index (χ0v) is 12.3. The Labute approximate surface area is 124 Å². The Morgan fingerprint density at radius 3 is 2.95 bits per heavy atom. The highest BCUT2D eigenvalue weighted by molar-refractivity contribution is 5.95. The Morgan fingerprint density at radius 1 is 1.33 bits per heavy atom. The van der Waals surface area contributed by atoms with Crippen LogP contribution in [0, 0.1) is 0 Å². The van der Waals surface area contributed by atoms with Crippen molar-refractivity contribution in [2.75, 3.05) is 19.6 Å². The highest BCUT2D eigenvalue weighted by Crippen LogP contribution is 2.25. The molecule has 6 nitrogen and oxygen atoms in total. The van der Waals surface area contributed by atoms with E-state index in [4.69, 9.17) is 4.42 Å². The number of fused-ring (bicyclic) bond motifs is 1. The maximum Gasteiger partial charge on any atom is 0.246 e.